The summed E-state index contributed by atoms with van der Waals surface area (Å²) in [4.78, 5) is 12.6. The van der Waals surface area contributed by atoms with Gasteiger partial charge in [0.15, 0.2) is 12.3 Å². The first-order chi connectivity index (χ1) is 11.9. The maximum Gasteiger partial charge on any atom is 0.283 e. The third-order valence-corrected chi connectivity index (χ3v) is 4.44. The number of hydrazone groups is 1. The first-order valence-electron chi connectivity index (χ1n) is 8.25. The third kappa shape index (κ3) is 3.42. The lowest BCUT2D eigenvalue weighted by atomic mass is 9.98. The zero-order valence-electron chi connectivity index (χ0n) is 14.7. The van der Waals surface area contributed by atoms with E-state index in [0.717, 1.165) is 16.1 Å². The number of nitrogens with zero attached hydrogens (tertiary/aromatic N) is 2. The van der Waals surface area contributed by atoms with Crippen molar-refractivity contribution in [3.8, 4) is 5.75 Å². The molecule has 0 spiro atoms. The molecule has 1 N–H and O–H groups in total. The molecule has 0 radical (unpaired) electrons. The Labute approximate surface area is 147 Å². The smallest absolute Gasteiger partial charge is 0.283 e. The van der Waals surface area contributed by atoms with Gasteiger partial charge in [0.1, 0.15) is 5.75 Å². The Morgan fingerprint density at radius 2 is 1.88 bits per heavy atom. The highest BCUT2D eigenvalue weighted by molar-refractivity contribution is 5.89. The number of carbonyl (C=O) groups excluding carboxylic acids is 1. The summed E-state index contributed by atoms with van der Waals surface area (Å²) in [6, 6.07) is 14.8. The van der Waals surface area contributed by atoms with Gasteiger partial charge >= 0.3 is 0 Å². The quantitative estimate of drug-likeness (QED) is 0.931. The van der Waals surface area contributed by atoms with E-state index in [1.807, 2.05) is 50.2 Å². The summed E-state index contributed by atoms with van der Waals surface area (Å²) in [6.45, 7) is 5.62. The van der Waals surface area contributed by atoms with E-state index >= 15 is 0 Å². The van der Waals surface area contributed by atoms with E-state index in [0.29, 0.717) is 17.0 Å². The lowest BCUT2D eigenvalue weighted by molar-refractivity contribution is -0.159. The van der Waals surface area contributed by atoms with Gasteiger partial charge in [0.05, 0.1) is 0 Å². The molecule has 2 aromatic rings. The molecule has 0 saturated heterocycles. The fraction of sp³-hybridized carbons (Fsp3) is 0.300. The van der Waals surface area contributed by atoms with Crippen LogP contribution >= 0.6 is 0 Å². The van der Waals surface area contributed by atoms with Crippen molar-refractivity contribution in [3.05, 3.63) is 65.2 Å². The van der Waals surface area contributed by atoms with Crippen molar-refractivity contribution in [3.63, 3.8) is 0 Å². The fourth-order valence-electron chi connectivity index (χ4n) is 2.92. The summed E-state index contributed by atoms with van der Waals surface area (Å²) in [6.07, 6.45) is 0.284. The molecule has 0 aromatic heterocycles. The fourth-order valence-corrected chi connectivity index (χ4v) is 2.92. The van der Waals surface area contributed by atoms with Crippen LogP contribution in [0.15, 0.2) is 53.6 Å². The highest BCUT2D eigenvalue weighted by Crippen LogP contribution is 2.35. The van der Waals surface area contributed by atoms with Gasteiger partial charge in [-0.1, -0.05) is 36.4 Å². The average molecular weight is 338 g/mol. The van der Waals surface area contributed by atoms with E-state index in [1.165, 1.54) is 0 Å². The van der Waals surface area contributed by atoms with E-state index < -0.39 is 5.72 Å². The molecule has 130 valence electrons. The van der Waals surface area contributed by atoms with Crippen LogP contribution in [0.2, 0.25) is 0 Å². The standard InChI is InChI=1S/C20H22N2O3/c1-14-9-10-18(11-15(14)2)25-13-19(23)22-20(24,12-16(3)21-22)17-7-5-4-6-8-17/h4-11,24H,12-13H2,1-3H3/t20-/m0/s1. The number of aliphatic hydroxyl groups is 1. The molecule has 25 heavy (non-hydrogen) atoms. The van der Waals surface area contributed by atoms with Gasteiger partial charge in [-0.25, -0.2) is 0 Å². The second-order valence-electron chi connectivity index (χ2n) is 6.43. The van der Waals surface area contributed by atoms with Gasteiger partial charge in [0, 0.05) is 17.7 Å². The van der Waals surface area contributed by atoms with Crippen LogP contribution in [0, 0.1) is 13.8 Å². The van der Waals surface area contributed by atoms with Crippen LogP contribution < -0.4 is 4.74 Å². The summed E-state index contributed by atoms with van der Waals surface area (Å²) in [5.74, 6) is 0.237. The third-order valence-electron chi connectivity index (χ3n) is 4.44. The molecule has 0 fully saturated rings. The van der Waals surface area contributed by atoms with Crippen LogP contribution in [-0.4, -0.2) is 28.3 Å². The number of hydrogen-bond donors (Lipinski definition) is 1. The summed E-state index contributed by atoms with van der Waals surface area (Å²) in [7, 11) is 0. The van der Waals surface area contributed by atoms with Gasteiger partial charge < -0.3 is 9.84 Å². The first kappa shape index (κ1) is 17.2. The number of benzene rings is 2. The minimum atomic E-state index is -1.46. The monoisotopic (exact) mass is 338 g/mol. The Kier molecular flexibility index (Phi) is 4.59. The lowest BCUT2D eigenvalue weighted by Crippen LogP contribution is -2.45. The van der Waals surface area contributed by atoms with Crippen molar-refractivity contribution < 1.29 is 14.6 Å². The van der Waals surface area contributed by atoms with E-state index in [-0.39, 0.29) is 18.9 Å². The SMILES string of the molecule is CC1=NN(C(=O)COc2ccc(C)c(C)c2)[C@@](O)(c2ccccc2)C1. The van der Waals surface area contributed by atoms with Crippen molar-refractivity contribution in [1.29, 1.82) is 0 Å². The van der Waals surface area contributed by atoms with Crippen LogP contribution in [-0.2, 0) is 10.5 Å². The summed E-state index contributed by atoms with van der Waals surface area (Å²) in [5.41, 5.74) is 2.13. The molecule has 1 amide bonds. The summed E-state index contributed by atoms with van der Waals surface area (Å²) in [5, 5.41) is 16.4. The topological polar surface area (TPSA) is 62.1 Å². The Balaban J connectivity index is 1.76. The first-order valence-corrected chi connectivity index (χ1v) is 8.25. The number of aryl methyl sites for hydroxylation is 2. The Hall–Kier alpha value is -2.66. The van der Waals surface area contributed by atoms with Crippen molar-refractivity contribution in [2.45, 2.75) is 32.9 Å². The Bertz CT molecular complexity index is 817. The second kappa shape index (κ2) is 6.69. The maximum absolute atomic E-state index is 12.6. The molecule has 0 aliphatic carbocycles. The average Bonchev–Trinajstić information content (AvgIpc) is 2.92. The van der Waals surface area contributed by atoms with Crippen molar-refractivity contribution >= 4 is 11.6 Å². The Morgan fingerprint density at radius 3 is 2.56 bits per heavy atom. The number of hydrogen-bond acceptors (Lipinski definition) is 4. The molecular weight excluding hydrogens is 316 g/mol. The maximum atomic E-state index is 12.6. The second-order valence-corrected chi connectivity index (χ2v) is 6.43. The number of rotatable bonds is 4. The molecule has 1 heterocycles. The molecule has 5 nitrogen and oxygen atoms in total. The van der Waals surface area contributed by atoms with Crippen molar-refractivity contribution in [2.24, 2.45) is 5.10 Å². The van der Waals surface area contributed by atoms with E-state index in [1.54, 1.807) is 19.1 Å². The largest absolute Gasteiger partial charge is 0.484 e. The van der Waals surface area contributed by atoms with Gasteiger partial charge in [0.25, 0.3) is 5.91 Å². The molecule has 3 rings (SSSR count). The van der Waals surface area contributed by atoms with Gasteiger partial charge in [-0.05, 0) is 44.0 Å². The van der Waals surface area contributed by atoms with Crippen LogP contribution in [0.1, 0.15) is 30.0 Å². The summed E-state index contributed by atoms with van der Waals surface area (Å²) >= 11 is 0. The van der Waals surface area contributed by atoms with Crippen molar-refractivity contribution in [1.82, 2.24) is 5.01 Å². The van der Waals surface area contributed by atoms with Gasteiger partial charge in [0.2, 0.25) is 0 Å². The molecule has 5 heteroatoms. The van der Waals surface area contributed by atoms with E-state index in [9.17, 15) is 9.90 Å². The molecule has 2 aromatic carbocycles. The molecule has 0 saturated carbocycles. The van der Waals surface area contributed by atoms with Crippen LogP contribution in [0.4, 0.5) is 0 Å². The van der Waals surface area contributed by atoms with Crippen molar-refractivity contribution in [2.75, 3.05) is 6.61 Å². The minimum absolute atomic E-state index is 0.186. The van der Waals surface area contributed by atoms with Gasteiger partial charge in [-0.15, -0.1) is 0 Å². The highest BCUT2D eigenvalue weighted by Gasteiger charge is 2.44. The summed E-state index contributed by atoms with van der Waals surface area (Å²) < 4.78 is 5.61. The molecule has 1 aliphatic rings. The molecule has 1 atom stereocenters. The number of amides is 1. The van der Waals surface area contributed by atoms with Crippen LogP contribution in [0.5, 0.6) is 5.75 Å². The molecule has 0 bridgehead atoms. The molecule has 1 aliphatic heterocycles. The van der Waals surface area contributed by atoms with E-state index in [4.69, 9.17) is 4.74 Å². The predicted molar refractivity (Wildman–Crippen MR) is 96.3 cm³/mol. The normalized spacial score (nSPS) is 19.7. The Morgan fingerprint density at radius 1 is 1.16 bits per heavy atom. The minimum Gasteiger partial charge on any atom is -0.484 e. The lowest BCUT2D eigenvalue weighted by Gasteiger charge is -2.31. The highest BCUT2D eigenvalue weighted by atomic mass is 16.5. The van der Waals surface area contributed by atoms with E-state index in [2.05, 4.69) is 5.10 Å². The zero-order chi connectivity index (χ0) is 18.0. The van der Waals surface area contributed by atoms with Gasteiger partial charge in [-0.3, -0.25) is 4.79 Å². The number of carbonyl (C=O) groups is 1. The zero-order valence-corrected chi connectivity index (χ0v) is 14.7. The number of ether oxygens (including phenoxy) is 1. The molecular formula is C20H22N2O3. The predicted octanol–water partition coefficient (Wildman–Crippen LogP) is 3.14. The van der Waals surface area contributed by atoms with Gasteiger partial charge in [-0.2, -0.15) is 10.1 Å². The molecule has 0 unspecified atom stereocenters. The van der Waals surface area contributed by atoms with Crippen LogP contribution in [0.25, 0.3) is 0 Å². The van der Waals surface area contributed by atoms with Crippen LogP contribution in [0.3, 0.4) is 0 Å².